The summed E-state index contributed by atoms with van der Waals surface area (Å²) in [7, 11) is 1.60. The lowest BCUT2D eigenvalue weighted by Gasteiger charge is -2.35. The zero-order chi connectivity index (χ0) is 23.2. The molecule has 2 aromatic carbocycles. The van der Waals surface area contributed by atoms with Crippen LogP contribution in [0.25, 0.3) is 0 Å². The Morgan fingerprint density at radius 3 is 2.64 bits per heavy atom. The van der Waals surface area contributed by atoms with E-state index in [1.807, 2.05) is 19.1 Å². The van der Waals surface area contributed by atoms with Crippen molar-refractivity contribution < 1.29 is 14.3 Å². The molecule has 1 unspecified atom stereocenters. The highest BCUT2D eigenvalue weighted by molar-refractivity contribution is 6.00. The van der Waals surface area contributed by atoms with Gasteiger partial charge in [0.15, 0.2) is 5.78 Å². The molecule has 3 heterocycles. The van der Waals surface area contributed by atoms with E-state index in [-0.39, 0.29) is 5.78 Å². The van der Waals surface area contributed by atoms with Gasteiger partial charge in [0.1, 0.15) is 28.7 Å². The van der Waals surface area contributed by atoms with Gasteiger partial charge in [-0.05, 0) is 44.5 Å². The van der Waals surface area contributed by atoms with Crippen molar-refractivity contribution >= 4 is 11.6 Å². The fourth-order valence-corrected chi connectivity index (χ4v) is 4.95. The molecule has 0 radical (unpaired) electrons. The average molecular weight is 444 g/mol. The Morgan fingerprint density at radius 1 is 1.09 bits per heavy atom. The van der Waals surface area contributed by atoms with Crippen molar-refractivity contribution in [2.24, 2.45) is 0 Å². The quantitative estimate of drug-likeness (QED) is 0.587. The first-order valence-electron chi connectivity index (χ1n) is 11.4. The van der Waals surface area contributed by atoms with Gasteiger partial charge in [0.2, 0.25) is 0 Å². The summed E-state index contributed by atoms with van der Waals surface area (Å²) in [5, 5.41) is 0. The van der Waals surface area contributed by atoms with Crippen molar-refractivity contribution in [2.75, 3.05) is 25.1 Å². The van der Waals surface area contributed by atoms with Crippen LogP contribution in [0.2, 0.25) is 0 Å². The molecule has 0 amide bonds. The van der Waals surface area contributed by atoms with Gasteiger partial charge in [-0.15, -0.1) is 0 Å². The zero-order valence-corrected chi connectivity index (χ0v) is 19.6. The predicted molar refractivity (Wildman–Crippen MR) is 128 cm³/mol. The SMILES string of the molecule is COc1ccc2c(c1)C(=O)CC1(CCN(c3nc(C)nc(C)c3Cc3ccc(C)cc3)C1)O2. The summed E-state index contributed by atoms with van der Waals surface area (Å²) < 4.78 is 11.8. The van der Waals surface area contributed by atoms with Crippen LogP contribution in [-0.2, 0) is 6.42 Å². The Labute approximate surface area is 194 Å². The van der Waals surface area contributed by atoms with Gasteiger partial charge in [-0.2, -0.15) is 0 Å². The molecule has 1 aromatic heterocycles. The van der Waals surface area contributed by atoms with Crippen LogP contribution in [-0.4, -0.2) is 41.6 Å². The molecule has 0 aliphatic carbocycles. The molecule has 6 nitrogen and oxygen atoms in total. The minimum Gasteiger partial charge on any atom is -0.497 e. The van der Waals surface area contributed by atoms with E-state index in [4.69, 9.17) is 14.5 Å². The number of rotatable bonds is 4. The predicted octanol–water partition coefficient (Wildman–Crippen LogP) is 4.62. The summed E-state index contributed by atoms with van der Waals surface area (Å²) in [6, 6.07) is 14.1. The second kappa shape index (κ2) is 8.18. The molecule has 0 N–H and O–H groups in total. The Kier molecular flexibility index (Phi) is 5.31. The van der Waals surface area contributed by atoms with Crippen molar-refractivity contribution in [3.8, 4) is 11.5 Å². The number of nitrogens with zero attached hydrogens (tertiary/aromatic N) is 3. The number of aryl methyl sites for hydroxylation is 3. The molecule has 1 saturated heterocycles. The number of carbonyl (C=O) groups excluding carboxylic acids is 1. The molecule has 5 rings (SSSR count). The fourth-order valence-electron chi connectivity index (χ4n) is 4.95. The van der Waals surface area contributed by atoms with Gasteiger partial charge in [-0.25, -0.2) is 9.97 Å². The molecule has 33 heavy (non-hydrogen) atoms. The number of hydrogen-bond acceptors (Lipinski definition) is 6. The van der Waals surface area contributed by atoms with Gasteiger partial charge in [-0.1, -0.05) is 29.8 Å². The topological polar surface area (TPSA) is 64.5 Å². The molecule has 0 bridgehead atoms. The van der Waals surface area contributed by atoms with Crippen molar-refractivity contribution in [1.29, 1.82) is 0 Å². The Hall–Kier alpha value is -3.41. The first kappa shape index (κ1) is 21.4. The molecule has 1 fully saturated rings. The van der Waals surface area contributed by atoms with Crippen LogP contribution in [0, 0.1) is 20.8 Å². The van der Waals surface area contributed by atoms with Crippen molar-refractivity contribution in [3.63, 3.8) is 0 Å². The van der Waals surface area contributed by atoms with E-state index in [1.54, 1.807) is 13.2 Å². The minimum absolute atomic E-state index is 0.104. The lowest BCUT2D eigenvalue weighted by atomic mass is 9.89. The average Bonchev–Trinajstić information content (AvgIpc) is 3.19. The summed E-state index contributed by atoms with van der Waals surface area (Å²) in [5.41, 5.74) is 4.68. The smallest absolute Gasteiger partial charge is 0.170 e. The van der Waals surface area contributed by atoms with Crippen LogP contribution in [0.15, 0.2) is 42.5 Å². The van der Waals surface area contributed by atoms with Crippen LogP contribution in [0.3, 0.4) is 0 Å². The third-order valence-corrected chi connectivity index (χ3v) is 6.72. The maximum Gasteiger partial charge on any atom is 0.170 e. The maximum atomic E-state index is 13.0. The summed E-state index contributed by atoms with van der Waals surface area (Å²) in [6.45, 7) is 7.50. The summed E-state index contributed by atoms with van der Waals surface area (Å²) in [4.78, 5) is 24.8. The third-order valence-electron chi connectivity index (χ3n) is 6.72. The number of benzene rings is 2. The van der Waals surface area contributed by atoms with Gasteiger partial charge in [0.05, 0.1) is 25.6 Å². The van der Waals surface area contributed by atoms with Gasteiger partial charge in [0.25, 0.3) is 0 Å². The van der Waals surface area contributed by atoms with Gasteiger partial charge < -0.3 is 14.4 Å². The molecule has 6 heteroatoms. The molecule has 170 valence electrons. The van der Waals surface area contributed by atoms with E-state index < -0.39 is 5.60 Å². The highest BCUT2D eigenvalue weighted by Gasteiger charge is 2.46. The Morgan fingerprint density at radius 2 is 1.88 bits per heavy atom. The number of anilines is 1. The van der Waals surface area contributed by atoms with Gasteiger partial charge in [-0.3, -0.25) is 4.79 Å². The normalized spacial score (nSPS) is 19.5. The zero-order valence-electron chi connectivity index (χ0n) is 19.6. The molecule has 2 aliphatic rings. The first-order chi connectivity index (χ1) is 15.9. The van der Waals surface area contributed by atoms with Gasteiger partial charge in [0, 0.05) is 30.6 Å². The van der Waals surface area contributed by atoms with Crippen LogP contribution in [0.4, 0.5) is 5.82 Å². The van der Waals surface area contributed by atoms with E-state index in [2.05, 4.69) is 48.0 Å². The standard InChI is InChI=1S/C27H29N3O3/c1-17-5-7-20(8-6-17)13-22-18(2)28-19(3)29-26(22)30-12-11-27(16-30)15-24(31)23-14-21(32-4)9-10-25(23)33-27/h5-10,14H,11-13,15-16H2,1-4H3. The minimum atomic E-state index is -0.535. The number of methoxy groups -OCH3 is 1. The highest BCUT2D eigenvalue weighted by atomic mass is 16.5. The van der Waals surface area contributed by atoms with Crippen molar-refractivity contribution in [1.82, 2.24) is 9.97 Å². The second-order valence-corrected chi connectivity index (χ2v) is 9.24. The van der Waals surface area contributed by atoms with E-state index in [0.29, 0.717) is 30.0 Å². The Bertz CT molecular complexity index is 1220. The molecule has 1 atom stereocenters. The number of ether oxygens (including phenoxy) is 2. The van der Waals surface area contributed by atoms with Crippen LogP contribution < -0.4 is 14.4 Å². The van der Waals surface area contributed by atoms with E-state index in [1.165, 1.54) is 11.1 Å². The summed E-state index contributed by atoms with van der Waals surface area (Å²) >= 11 is 0. The fraction of sp³-hybridized carbons (Fsp3) is 0.370. The maximum absolute atomic E-state index is 13.0. The molecule has 2 aliphatic heterocycles. The van der Waals surface area contributed by atoms with Gasteiger partial charge >= 0.3 is 0 Å². The van der Waals surface area contributed by atoms with E-state index in [0.717, 1.165) is 42.3 Å². The lowest BCUT2D eigenvalue weighted by Crippen LogP contribution is -2.44. The second-order valence-electron chi connectivity index (χ2n) is 9.24. The summed E-state index contributed by atoms with van der Waals surface area (Å²) in [5.74, 6) is 3.13. The number of Topliss-reactive ketones (excluding diaryl/α,β-unsaturated/α-hetero) is 1. The third kappa shape index (κ3) is 4.06. The lowest BCUT2D eigenvalue weighted by molar-refractivity contribution is 0.0537. The van der Waals surface area contributed by atoms with Crippen LogP contribution >= 0.6 is 0 Å². The molecule has 1 spiro atoms. The first-order valence-corrected chi connectivity index (χ1v) is 11.4. The molecule has 0 saturated carbocycles. The van der Waals surface area contributed by atoms with Crippen molar-refractivity contribution in [3.05, 3.63) is 76.2 Å². The molecular formula is C27H29N3O3. The molecule has 3 aromatic rings. The van der Waals surface area contributed by atoms with Crippen LogP contribution in [0.1, 0.15) is 51.4 Å². The number of fused-ring (bicyclic) bond motifs is 1. The number of carbonyl (C=O) groups is 1. The number of ketones is 1. The van der Waals surface area contributed by atoms with Crippen molar-refractivity contribution in [2.45, 2.75) is 45.6 Å². The summed E-state index contributed by atoms with van der Waals surface area (Å²) in [6.07, 6.45) is 1.91. The van der Waals surface area contributed by atoms with Crippen LogP contribution in [0.5, 0.6) is 11.5 Å². The molecular weight excluding hydrogens is 414 g/mol. The Balaban J connectivity index is 1.44. The van der Waals surface area contributed by atoms with E-state index in [9.17, 15) is 4.79 Å². The number of hydrogen-bond donors (Lipinski definition) is 0. The highest BCUT2D eigenvalue weighted by Crippen LogP contribution is 2.41. The largest absolute Gasteiger partial charge is 0.497 e. The van der Waals surface area contributed by atoms with E-state index >= 15 is 0 Å². The monoisotopic (exact) mass is 443 g/mol. The number of aromatic nitrogens is 2.